The van der Waals surface area contributed by atoms with Crippen molar-refractivity contribution in [3.63, 3.8) is 0 Å². The van der Waals surface area contributed by atoms with Crippen LogP contribution in [0.5, 0.6) is 0 Å². The molecule has 0 aliphatic rings. The van der Waals surface area contributed by atoms with Crippen molar-refractivity contribution >= 4 is 5.71 Å². The summed E-state index contributed by atoms with van der Waals surface area (Å²) in [7, 11) is 1.96. The normalized spacial score (nSPS) is 11.8. The summed E-state index contributed by atoms with van der Waals surface area (Å²) in [5.41, 5.74) is 1.68. The van der Waals surface area contributed by atoms with Crippen LogP contribution in [0.1, 0.15) is 25.4 Å². The van der Waals surface area contributed by atoms with Gasteiger partial charge in [-0.15, -0.1) is 0 Å². The Kier molecular flexibility index (Phi) is 3.06. The maximum absolute atomic E-state index is 4.94. The summed E-state index contributed by atoms with van der Waals surface area (Å²) in [5.74, 6) is 0.973. The lowest BCUT2D eigenvalue weighted by Gasteiger charge is -1.94. The predicted molar refractivity (Wildman–Crippen MR) is 51.8 cm³/mol. The largest absolute Gasteiger partial charge is 0.396 e. The Morgan fingerprint density at radius 2 is 2.38 bits per heavy atom. The molecular formula is C9H15N3O. The van der Waals surface area contributed by atoms with Crippen molar-refractivity contribution in [2.75, 3.05) is 6.61 Å². The molecule has 13 heavy (non-hydrogen) atoms. The van der Waals surface area contributed by atoms with Crippen molar-refractivity contribution in [2.45, 2.75) is 20.8 Å². The lowest BCUT2D eigenvalue weighted by Crippen LogP contribution is -1.96. The predicted octanol–water partition coefficient (Wildman–Crippen LogP) is 1.49. The van der Waals surface area contributed by atoms with E-state index in [-0.39, 0.29) is 0 Å². The summed E-state index contributed by atoms with van der Waals surface area (Å²) in [4.78, 5) is 9.25. The lowest BCUT2D eigenvalue weighted by molar-refractivity contribution is 0.159. The van der Waals surface area contributed by atoms with Crippen LogP contribution in [0.25, 0.3) is 0 Å². The molecule has 1 aromatic rings. The molecule has 1 rings (SSSR count). The first-order valence-corrected chi connectivity index (χ1v) is 4.32. The first-order valence-electron chi connectivity index (χ1n) is 4.32. The number of hydrogen-bond donors (Lipinski definition) is 0. The first kappa shape index (κ1) is 9.77. The summed E-state index contributed by atoms with van der Waals surface area (Å²) in [6.45, 7) is 6.33. The van der Waals surface area contributed by atoms with Crippen molar-refractivity contribution < 1.29 is 4.84 Å². The van der Waals surface area contributed by atoms with Crippen LogP contribution in [0.4, 0.5) is 0 Å². The topological polar surface area (TPSA) is 39.4 Å². The Bertz CT molecular complexity index is 295. The van der Waals surface area contributed by atoms with Gasteiger partial charge in [-0.05, 0) is 20.8 Å². The smallest absolute Gasteiger partial charge is 0.114 e. The minimum Gasteiger partial charge on any atom is -0.396 e. The summed E-state index contributed by atoms with van der Waals surface area (Å²) >= 11 is 0. The molecule has 0 spiro atoms. The zero-order chi connectivity index (χ0) is 9.84. The van der Waals surface area contributed by atoms with Crippen molar-refractivity contribution in [1.82, 2.24) is 9.55 Å². The highest BCUT2D eigenvalue weighted by atomic mass is 16.6. The molecule has 0 radical (unpaired) electrons. The van der Waals surface area contributed by atoms with Gasteiger partial charge in [0.1, 0.15) is 23.8 Å². The third-order valence-corrected chi connectivity index (χ3v) is 1.81. The molecule has 0 atom stereocenters. The SMILES string of the molecule is CCO/N=C(\C)c1cn(C)c(C)n1. The average molecular weight is 181 g/mol. The third-order valence-electron chi connectivity index (χ3n) is 1.81. The van der Waals surface area contributed by atoms with Gasteiger partial charge in [0, 0.05) is 13.2 Å². The van der Waals surface area contributed by atoms with Gasteiger partial charge in [-0.25, -0.2) is 4.98 Å². The van der Waals surface area contributed by atoms with E-state index in [0.29, 0.717) is 6.61 Å². The highest BCUT2D eigenvalue weighted by Crippen LogP contribution is 2.01. The van der Waals surface area contributed by atoms with E-state index in [2.05, 4.69) is 10.1 Å². The molecule has 0 aromatic carbocycles. The van der Waals surface area contributed by atoms with E-state index in [1.54, 1.807) is 0 Å². The van der Waals surface area contributed by atoms with Crippen molar-refractivity contribution in [2.24, 2.45) is 12.2 Å². The van der Waals surface area contributed by atoms with Crippen LogP contribution in [0, 0.1) is 6.92 Å². The van der Waals surface area contributed by atoms with Crippen molar-refractivity contribution in [3.05, 3.63) is 17.7 Å². The molecular weight excluding hydrogens is 166 g/mol. The Balaban J connectivity index is 2.82. The van der Waals surface area contributed by atoms with Gasteiger partial charge in [0.2, 0.25) is 0 Å². The van der Waals surface area contributed by atoms with Crippen LogP contribution in [0.3, 0.4) is 0 Å². The van der Waals surface area contributed by atoms with Gasteiger partial charge in [0.05, 0.1) is 0 Å². The molecule has 4 nitrogen and oxygen atoms in total. The molecule has 0 amide bonds. The standard InChI is InChI=1S/C9H15N3O/c1-5-13-11-7(2)9-6-12(4)8(3)10-9/h6H,5H2,1-4H3/b11-7+. The average Bonchev–Trinajstić information content (AvgIpc) is 2.43. The van der Waals surface area contributed by atoms with E-state index in [1.807, 2.05) is 38.6 Å². The van der Waals surface area contributed by atoms with Crippen molar-refractivity contribution in [1.29, 1.82) is 0 Å². The van der Waals surface area contributed by atoms with Gasteiger partial charge < -0.3 is 9.40 Å². The summed E-state index contributed by atoms with van der Waals surface area (Å²) < 4.78 is 1.96. The molecule has 0 N–H and O–H groups in total. The molecule has 0 saturated carbocycles. The fraction of sp³-hybridized carbons (Fsp3) is 0.556. The van der Waals surface area contributed by atoms with Crippen LogP contribution in [-0.2, 0) is 11.9 Å². The van der Waals surface area contributed by atoms with Gasteiger partial charge in [0.15, 0.2) is 0 Å². The van der Waals surface area contributed by atoms with Crippen molar-refractivity contribution in [3.8, 4) is 0 Å². The fourth-order valence-electron chi connectivity index (χ4n) is 0.941. The van der Waals surface area contributed by atoms with Crippen LogP contribution in [-0.4, -0.2) is 21.9 Å². The van der Waals surface area contributed by atoms with Crippen LogP contribution in [0.2, 0.25) is 0 Å². The third kappa shape index (κ3) is 2.31. The molecule has 4 heteroatoms. The zero-order valence-corrected chi connectivity index (χ0v) is 8.53. The Morgan fingerprint density at radius 1 is 1.69 bits per heavy atom. The van der Waals surface area contributed by atoms with Gasteiger partial charge >= 0.3 is 0 Å². The van der Waals surface area contributed by atoms with E-state index in [4.69, 9.17) is 4.84 Å². The molecule has 0 bridgehead atoms. The van der Waals surface area contributed by atoms with E-state index in [0.717, 1.165) is 17.2 Å². The lowest BCUT2D eigenvalue weighted by atomic mass is 10.3. The van der Waals surface area contributed by atoms with Crippen LogP contribution < -0.4 is 0 Å². The Morgan fingerprint density at radius 3 is 2.85 bits per heavy atom. The second-order valence-electron chi connectivity index (χ2n) is 2.88. The molecule has 0 saturated heterocycles. The van der Waals surface area contributed by atoms with Crippen LogP contribution >= 0.6 is 0 Å². The number of hydrogen-bond acceptors (Lipinski definition) is 3. The quantitative estimate of drug-likeness (QED) is 0.523. The highest BCUT2D eigenvalue weighted by molar-refractivity contribution is 5.96. The number of imidazole rings is 1. The highest BCUT2D eigenvalue weighted by Gasteiger charge is 2.03. The van der Waals surface area contributed by atoms with Gasteiger partial charge in [0.25, 0.3) is 0 Å². The number of aryl methyl sites for hydroxylation is 2. The minimum atomic E-state index is 0.586. The fourth-order valence-corrected chi connectivity index (χ4v) is 0.941. The number of aromatic nitrogens is 2. The van der Waals surface area contributed by atoms with Gasteiger partial charge in [-0.1, -0.05) is 5.16 Å². The number of rotatable bonds is 3. The summed E-state index contributed by atoms with van der Waals surface area (Å²) in [5, 5.41) is 3.91. The number of oxime groups is 1. The maximum Gasteiger partial charge on any atom is 0.114 e. The molecule has 0 fully saturated rings. The first-order chi connectivity index (χ1) is 6.15. The molecule has 0 aliphatic heterocycles. The van der Waals surface area contributed by atoms with Gasteiger partial charge in [-0.3, -0.25) is 0 Å². The minimum absolute atomic E-state index is 0.586. The Labute approximate surface area is 78.2 Å². The molecule has 0 unspecified atom stereocenters. The van der Waals surface area contributed by atoms with E-state index in [1.165, 1.54) is 0 Å². The molecule has 0 aliphatic carbocycles. The Hall–Kier alpha value is -1.32. The second-order valence-corrected chi connectivity index (χ2v) is 2.88. The van der Waals surface area contributed by atoms with Crippen LogP contribution in [0.15, 0.2) is 11.4 Å². The molecule has 1 heterocycles. The van der Waals surface area contributed by atoms with Gasteiger partial charge in [-0.2, -0.15) is 0 Å². The summed E-state index contributed by atoms with van der Waals surface area (Å²) in [6.07, 6.45) is 1.94. The second kappa shape index (κ2) is 4.07. The zero-order valence-electron chi connectivity index (χ0n) is 8.53. The number of nitrogens with zero attached hydrogens (tertiary/aromatic N) is 3. The monoisotopic (exact) mass is 181 g/mol. The summed E-state index contributed by atoms with van der Waals surface area (Å²) in [6, 6.07) is 0. The van der Waals surface area contributed by atoms with E-state index in [9.17, 15) is 0 Å². The maximum atomic E-state index is 4.94. The molecule has 72 valence electrons. The van der Waals surface area contributed by atoms with E-state index >= 15 is 0 Å². The van der Waals surface area contributed by atoms with E-state index < -0.39 is 0 Å². The molecule has 1 aromatic heterocycles.